The lowest BCUT2D eigenvalue weighted by molar-refractivity contribution is -0.0502. The summed E-state index contributed by atoms with van der Waals surface area (Å²) < 4.78 is 0.931. The molecule has 166 valence electrons. The van der Waals surface area contributed by atoms with Crippen LogP contribution in [0.3, 0.4) is 0 Å². The summed E-state index contributed by atoms with van der Waals surface area (Å²) in [5.74, 6) is 2.72. The lowest BCUT2D eigenvalue weighted by Crippen LogP contribution is -2.50. The van der Waals surface area contributed by atoms with E-state index in [1.165, 1.54) is 0 Å². The third-order valence-electron chi connectivity index (χ3n) is 6.47. The Morgan fingerprint density at radius 2 is 2.10 bits per heavy atom. The van der Waals surface area contributed by atoms with Gasteiger partial charge in [0.25, 0.3) is 0 Å². The fourth-order valence-electron chi connectivity index (χ4n) is 5.52. The molecule has 8 heteroatoms. The van der Waals surface area contributed by atoms with Gasteiger partial charge in [-0.3, -0.25) is 5.41 Å². The van der Waals surface area contributed by atoms with Gasteiger partial charge >= 0.3 is 0 Å². The number of hydrogen-bond acceptors (Lipinski definition) is 6. The van der Waals surface area contributed by atoms with Gasteiger partial charge in [-0.2, -0.15) is 4.98 Å². The van der Waals surface area contributed by atoms with Crippen molar-refractivity contribution in [2.24, 2.45) is 23.5 Å². The van der Waals surface area contributed by atoms with E-state index in [0.717, 1.165) is 41.1 Å². The van der Waals surface area contributed by atoms with Crippen LogP contribution >= 0.6 is 15.9 Å². The molecule has 2 aliphatic carbocycles. The Hall–Kier alpha value is -2.19. The Labute approximate surface area is 191 Å². The van der Waals surface area contributed by atoms with Crippen LogP contribution in [0.2, 0.25) is 0 Å². The molecule has 0 aliphatic heterocycles. The van der Waals surface area contributed by atoms with Gasteiger partial charge in [-0.15, -0.1) is 0 Å². The van der Waals surface area contributed by atoms with E-state index in [1.54, 1.807) is 13.0 Å². The molecule has 6 N–H and O–H groups in total. The molecule has 1 heterocycles. The molecule has 0 saturated heterocycles. The number of aliphatic hydroxyl groups is 1. The van der Waals surface area contributed by atoms with E-state index in [-0.39, 0.29) is 11.9 Å². The first-order valence-electron chi connectivity index (χ1n) is 10.9. The maximum Gasteiger partial charge on any atom is 0.225 e. The van der Waals surface area contributed by atoms with Gasteiger partial charge in [-0.25, -0.2) is 4.98 Å². The fraction of sp³-hybridized carbons (Fsp3) is 0.522. The quantitative estimate of drug-likeness (QED) is 0.317. The average Bonchev–Trinajstić information content (AvgIpc) is 2.62. The average molecular weight is 487 g/mol. The van der Waals surface area contributed by atoms with Crippen molar-refractivity contribution in [3.8, 4) is 0 Å². The largest absolute Gasteiger partial charge is 0.402 e. The maximum absolute atomic E-state index is 10.7. The monoisotopic (exact) mass is 486 g/mol. The van der Waals surface area contributed by atoms with Crippen molar-refractivity contribution in [1.82, 2.24) is 9.97 Å². The minimum atomic E-state index is -0.600. The van der Waals surface area contributed by atoms with Crippen molar-refractivity contribution >= 4 is 44.4 Å². The van der Waals surface area contributed by atoms with Crippen molar-refractivity contribution in [2.45, 2.75) is 58.1 Å². The van der Waals surface area contributed by atoms with Crippen molar-refractivity contribution in [2.75, 3.05) is 10.6 Å². The van der Waals surface area contributed by atoms with E-state index < -0.39 is 5.60 Å². The highest BCUT2D eigenvalue weighted by atomic mass is 79.9. The van der Waals surface area contributed by atoms with E-state index >= 15 is 0 Å². The molecule has 5 atom stereocenters. The normalized spacial score (nSPS) is 30.8. The van der Waals surface area contributed by atoms with Crippen molar-refractivity contribution in [3.05, 3.63) is 34.4 Å². The molecule has 2 aliphatic rings. The van der Waals surface area contributed by atoms with Gasteiger partial charge in [0.2, 0.25) is 5.95 Å². The third kappa shape index (κ3) is 5.01. The van der Waals surface area contributed by atoms with Crippen LogP contribution in [0.25, 0.3) is 10.9 Å². The zero-order valence-corrected chi connectivity index (χ0v) is 19.8. The molecule has 0 amide bonds. The van der Waals surface area contributed by atoms with E-state index in [9.17, 15) is 5.11 Å². The number of nitrogens with one attached hydrogen (secondary N) is 3. The lowest BCUT2D eigenvalue weighted by Gasteiger charge is -2.49. The highest BCUT2D eigenvalue weighted by Crippen LogP contribution is 2.47. The molecule has 5 unspecified atom stereocenters. The van der Waals surface area contributed by atoms with Gasteiger partial charge < -0.3 is 21.5 Å². The van der Waals surface area contributed by atoms with Crippen LogP contribution in [0.15, 0.2) is 34.4 Å². The Morgan fingerprint density at radius 1 is 1.32 bits per heavy atom. The number of rotatable bonds is 4. The number of anilines is 2. The Bertz CT molecular complexity index is 1030. The molecule has 4 rings (SSSR count). The van der Waals surface area contributed by atoms with Crippen LogP contribution in [0.5, 0.6) is 0 Å². The molecule has 2 bridgehead atoms. The number of benzene rings is 1. The Kier molecular flexibility index (Phi) is 5.96. The summed E-state index contributed by atoms with van der Waals surface area (Å²) >= 11 is 3.52. The second-order valence-corrected chi connectivity index (χ2v) is 10.6. The number of amidine groups is 1. The van der Waals surface area contributed by atoms with E-state index in [1.807, 2.05) is 25.1 Å². The SMILES string of the molecule is C/C(N)=C/C(=N)Nc1nc(NC2C(C)CC3CC2CC(C)(O)C3)nc2cc(Br)ccc12. The Morgan fingerprint density at radius 3 is 2.84 bits per heavy atom. The van der Waals surface area contributed by atoms with Gasteiger partial charge in [0.05, 0.1) is 11.1 Å². The zero-order valence-electron chi connectivity index (χ0n) is 18.2. The molecule has 2 fully saturated rings. The summed E-state index contributed by atoms with van der Waals surface area (Å²) in [6.45, 7) is 5.98. The molecule has 7 nitrogen and oxygen atoms in total. The van der Waals surface area contributed by atoms with Gasteiger partial charge in [-0.05, 0) is 81.6 Å². The van der Waals surface area contributed by atoms with Crippen molar-refractivity contribution < 1.29 is 5.11 Å². The summed E-state index contributed by atoms with van der Waals surface area (Å²) in [5, 5.41) is 26.4. The standard InChI is InChI=1S/C23H31BrN6O/c1-12-6-14-8-15(11-23(3,31)10-14)20(12)29-22-27-18-9-16(24)4-5-17(18)21(30-22)28-19(26)7-13(2)25/h4-5,7,9,12,14-15,20,31H,6,8,10-11,25H2,1-3H3,(H3,26,27,28,29,30)/b13-7-. The summed E-state index contributed by atoms with van der Waals surface area (Å²) in [6, 6.07) is 6.02. The molecule has 0 radical (unpaired) electrons. The molecule has 1 aromatic heterocycles. The molecule has 0 spiro atoms. The second-order valence-electron chi connectivity index (χ2n) is 9.63. The van der Waals surface area contributed by atoms with E-state index in [4.69, 9.17) is 21.1 Å². The van der Waals surface area contributed by atoms with Crippen LogP contribution < -0.4 is 16.4 Å². The highest BCUT2D eigenvalue weighted by Gasteiger charge is 2.45. The first kappa shape index (κ1) is 22.0. The minimum absolute atomic E-state index is 0.172. The number of halogens is 1. The molecule has 2 aromatic rings. The predicted octanol–water partition coefficient (Wildman–Crippen LogP) is 4.63. The van der Waals surface area contributed by atoms with Gasteiger partial charge in [0.15, 0.2) is 0 Å². The highest BCUT2D eigenvalue weighted by molar-refractivity contribution is 9.10. The Balaban J connectivity index is 1.67. The number of nitrogens with zero attached hydrogens (tertiary/aromatic N) is 2. The number of fused-ring (bicyclic) bond motifs is 3. The molecular weight excluding hydrogens is 456 g/mol. The predicted molar refractivity (Wildman–Crippen MR) is 129 cm³/mol. The summed E-state index contributed by atoms with van der Waals surface area (Å²) in [7, 11) is 0. The number of nitrogens with two attached hydrogens (primary N) is 1. The van der Waals surface area contributed by atoms with E-state index in [0.29, 0.717) is 35.2 Å². The topological polar surface area (TPSA) is 120 Å². The van der Waals surface area contributed by atoms with Crippen LogP contribution in [0, 0.1) is 23.2 Å². The zero-order chi connectivity index (χ0) is 22.3. The van der Waals surface area contributed by atoms with Crippen molar-refractivity contribution in [3.63, 3.8) is 0 Å². The number of aromatic nitrogens is 2. The smallest absolute Gasteiger partial charge is 0.225 e. The number of hydrogen-bond donors (Lipinski definition) is 5. The second kappa shape index (κ2) is 8.39. The van der Waals surface area contributed by atoms with Gasteiger partial charge in [-0.1, -0.05) is 22.9 Å². The fourth-order valence-corrected chi connectivity index (χ4v) is 5.87. The van der Waals surface area contributed by atoms with Crippen LogP contribution in [0.1, 0.15) is 46.5 Å². The lowest BCUT2D eigenvalue weighted by atomic mass is 9.61. The van der Waals surface area contributed by atoms with E-state index in [2.05, 4.69) is 33.5 Å². The van der Waals surface area contributed by atoms with Crippen LogP contribution in [-0.4, -0.2) is 32.6 Å². The molecule has 2 saturated carbocycles. The molecular formula is C23H31BrN6O. The van der Waals surface area contributed by atoms with Gasteiger partial charge in [0.1, 0.15) is 11.7 Å². The molecule has 31 heavy (non-hydrogen) atoms. The minimum Gasteiger partial charge on any atom is -0.402 e. The third-order valence-corrected chi connectivity index (χ3v) is 6.97. The molecule has 1 aromatic carbocycles. The van der Waals surface area contributed by atoms with Crippen molar-refractivity contribution in [1.29, 1.82) is 5.41 Å². The summed E-state index contributed by atoms with van der Waals surface area (Å²) in [6.07, 6.45) is 5.48. The summed E-state index contributed by atoms with van der Waals surface area (Å²) in [5.41, 5.74) is 6.46. The maximum atomic E-state index is 10.7. The van der Waals surface area contributed by atoms with Crippen LogP contribution in [0.4, 0.5) is 11.8 Å². The number of allylic oxidation sites excluding steroid dienone is 1. The van der Waals surface area contributed by atoms with Crippen LogP contribution in [-0.2, 0) is 0 Å². The van der Waals surface area contributed by atoms with Gasteiger partial charge in [0, 0.05) is 21.6 Å². The first-order chi connectivity index (χ1) is 14.6. The summed E-state index contributed by atoms with van der Waals surface area (Å²) in [4.78, 5) is 9.50. The first-order valence-corrected chi connectivity index (χ1v) is 11.6.